The molecule has 140 valence electrons. The fraction of sp³-hybridized carbons (Fsp3) is 0.400. The van der Waals surface area contributed by atoms with Crippen LogP contribution in [0.1, 0.15) is 23.5 Å². The number of nitrogens with zero attached hydrogens (tertiary/aromatic N) is 1. The predicted molar refractivity (Wildman–Crippen MR) is 90.8 cm³/mol. The van der Waals surface area contributed by atoms with Crippen molar-refractivity contribution in [1.82, 2.24) is 4.98 Å². The number of alkyl halides is 3. The summed E-state index contributed by atoms with van der Waals surface area (Å²) in [7, 11) is 0. The van der Waals surface area contributed by atoms with Crippen LogP contribution in [0.25, 0.3) is 0 Å². The Morgan fingerprint density at radius 1 is 1.11 bits per heavy atom. The third kappa shape index (κ3) is 2.72. The third-order valence-electron chi connectivity index (χ3n) is 6.00. The van der Waals surface area contributed by atoms with Gasteiger partial charge in [0.1, 0.15) is 0 Å². The Balaban J connectivity index is 1.42. The van der Waals surface area contributed by atoms with E-state index in [-0.39, 0.29) is 29.7 Å². The third-order valence-corrected chi connectivity index (χ3v) is 6.00. The maximum absolute atomic E-state index is 13.0. The van der Waals surface area contributed by atoms with Gasteiger partial charge in [-0.3, -0.25) is 9.78 Å². The smallest absolute Gasteiger partial charge is 0.373 e. The summed E-state index contributed by atoms with van der Waals surface area (Å²) >= 11 is 0. The van der Waals surface area contributed by atoms with Crippen molar-refractivity contribution in [1.29, 1.82) is 0 Å². The highest BCUT2D eigenvalue weighted by Crippen LogP contribution is 2.65. The second-order valence-corrected chi connectivity index (χ2v) is 7.53. The van der Waals surface area contributed by atoms with E-state index in [4.69, 9.17) is 4.74 Å². The summed E-state index contributed by atoms with van der Waals surface area (Å²) in [5.41, 5.74) is 0.364. The SMILES string of the molecule is O=C(Nc1cccc(C(F)(F)F)c1)[C@H]1[C@@H]2O[C@@H]([C@H]3C[C@H]32)[C@@H]1c1ccncc1. The number of halogens is 3. The maximum Gasteiger partial charge on any atom is 0.416 e. The number of hydrogen-bond acceptors (Lipinski definition) is 3. The number of carbonyl (C=O) groups is 1. The van der Waals surface area contributed by atoms with Crippen molar-refractivity contribution in [2.24, 2.45) is 17.8 Å². The Bertz CT molecular complexity index is 886. The molecule has 27 heavy (non-hydrogen) atoms. The fourth-order valence-corrected chi connectivity index (χ4v) is 4.78. The van der Waals surface area contributed by atoms with E-state index in [9.17, 15) is 18.0 Å². The van der Waals surface area contributed by atoms with E-state index in [2.05, 4.69) is 10.3 Å². The molecule has 0 spiro atoms. The van der Waals surface area contributed by atoms with E-state index >= 15 is 0 Å². The Kier molecular flexibility index (Phi) is 3.59. The van der Waals surface area contributed by atoms with Crippen LogP contribution in [0.2, 0.25) is 0 Å². The normalized spacial score (nSPS) is 33.6. The van der Waals surface area contributed by atoms with Gasteiger partial charge in [0.05, 0.1) is 23.7 Å². The van der Waals surface area contributed by atoms with Crippen molar-refractivity contribution in [2.45, 2.75) is 30.7 Å². The highest BCUT2D eigenvalue weighted by molar-refractivity contribution is 5.94. The van der Waals surface area contributed by atoms with Gasteiger partial charge >= 0.3 is 6.18 Å². The van der Waals surface area contributed by atoms with E-state index in [1.165, 1.54) is 12.1 Å². The molecular weight excluding hydrogens is 357 g/mol. The van der Waals surface area contributed by atoms with Gasteiger partial charge in [0.25, 0.3) is 0 Å². The number of nitrogens with one attached hydrogen (secondary N) is 1. The van der Waals surface area contributed by atoms with E-state index in [0.29, 0.717) is 11.8 Å². The van der Waals surface area contributed by atoms with Gasteiger partial charge < -0.3 is 10.1 Å². The zero-order chi connectivity index (χ0) is 18.8. The molecular formula is C20H17F3N2O2. The van der Waals surface area contributed by atoms with Crippen molar-refractivity contribution < 1.29 is 22.7 Å². The van der Waals surface area contributed by atoms with E-state index in [1.807, 2.05) is 12.1 Å². The number of ether oxygens (including phenoxy) is 1. The van der Waals surface area contributed by atoms with Gasteiger partial charge in [0, 0.05) is 24.0 Å². The summed E-state index contributed by atoms with van der Waals surface area (Å²) in [6.07, 6.45) is -0.175. The molecule has 1 N–H and O–H groups in total. The lowest BCUT2D eigenvalue weighted by molar-refractivity contribution is -0.137. The standard InChI is InChI=1S/C20H17F3N2O2/c21-20(22,23)11-2-1-3-12(8-11)25-19(26)16-15(10-4-6-24-7-5-10)17-13-9-14(13)18(16)27-17/h1-8,13-18H,9H2,(H,25,26)/t13-,14+,15+,16+,17-,18+/m0/s1. The molecule has 3 heterocycles. The quantitative estimate of drug-likeness (QED) is 0.888. The number of carbonyl (C=O) groups excluding carboxylic acids is 1. The number of anilines is 1. The van der Waals surface area contributed by atoms with Crippen LogP contribution in [0.3, 0.4) is 0 Å². The van der Waals surface area contributed by atoms with E-state index < -0.39 is 17.7 Å². The lowest BCUT2D eigenvalue weighted by atomic mass is 9.75. The molecule has 2 aromatic rings. The summed E-state index contributed by atoms with van der Waals surface area (Å²) < 4.78 is 44.9. The van der Waals surface area contributed by atoms with Crippen molar-refractivity contribution >= 4 is 11.6 Å². The Morgan fingerprint density at radius 2 is 1.85 bits per heavy atom. The molecule has 3 aliphatic rings. The number of hydrogen-bond donors (Lipinski definition) is 1. The van der Waals surface area contributed by atoms with Crippen molar-refractivity contribution in [3.63, 3.8) is 0 Å². The number of pyridine rings is 1. The number of aromatic nitrogens is 1. The molecule has 1 amide bonds. The van der Waals surface area contributed by atoms with Crippen molar-refractivity contribution in [3.05, 3.63) is 59.9 Å². The van der Waals surface area contributed by atoms with Gasteiger partial charge in [-0.15, -0.1) is 0 Å². The number of rotatable bonds is 3. The Labute approximate surface area is 153 Å². The Morgan fingerprint density at radius 3 is 2.59 bits per heavy atom. The molecule has 5 rings (SSSR count). The van der Waals surface area contributed by atoms with Crippen LogP contribution < -0.4 is 5.32 Å². The average molecular weight is 374 g/mol. The Hall–Kier alpha value is -2.41. The van der Waals surface area contributed by atoms with Crippen molar-refractivity contribution in [3.8, 4) is 0 Å². The van der Waals surface area contributed by atoms with Crippen LogP contribution in [-0.4, -0.2) is 23.1 Å². The molecule has 0 radical (unpaired) electrons. The van der Waals surface area contributed by atoms with Gasteiger partial charge in [0.15, 0.2) is 0 Å². The second-order valence-electron chi connectivity index (χ2n) is 7.53. The molecule has 6 atom stereocenters. The topological polar surface area (TPSA) is 51.2 Å². The van der Waals surface area contributed by atoms with Gasteiger partial charge in [-0.2, -0.15) is 13.2 Å². The van der Waals surface area contributed by atoms with E-state index in [0.717, 1.165) is 24.1 Å². The van der Waals surface area contributed by atoms with Crippen LogP contribution in [0.5, 0.6) is 0 Å². The largest absolute Gasteiger partial charge is 0.416 e. The molecule has 1 saturated carbocycles. The van der Waals surface area contributed by atoms with Gasteiger partial charge in [-0.05, 0) is 54.2 Å². The summed E-state index contributed by atoms with van der Waals surface area (Å²) in [6, 6.07) is 8.50. The highest BCUT2D eigenvalue weighted by atomic mass is 19.4. The van der Waals surface area contributed by atoms with Crippen LogP contribution in [0.4, 0.5) is 18.9 Å². The fourth-order valence-electron chi connectivity index (χ4n) is 4.78. The molecule has 1 aromatic heterocycles. The first-order valence-electron chi connectivity index (χ1n) is 8.97. The molecule has 4 nitrogen and oxygen atoms in total. The van der Waals surface area contributed by atoms with Gasteiger partial charge in [-0.1, -0.05) is 6.07 Å². The van der Waals surface area contributed by atoms with Crippen LogP contribution >= 0.6 is 0 Å². The molecule has 1 aliphatic carbocycles. The van der Waals surface area contributed by atoms with Crippen LogP contribution in [0, 0.1) is 17.8 Å². The highest BCUT2D eigenvalue weighted by Gasteiger charge is 2.68. The lowest BCUT2D eigenvalue weighted by Crippen LogP contribution is -2.37. The van der Waals surface area contributed by atoms with Gasteiger partial charge in [-0.25, -0.2) is 0 Å². The first kappa shape index (κ1) is 16.7. The minimum atomic E-state index is -4.45. The zero-order valence-electron chi connectivity index (χ0n) is 14.2. The zero-order valence-corrected chi connectivity index (χ0v) is 14.2. The first-order valence-corrected chi connectivity index (χ1v) is 8.97. The predicted octanol–water partition coefficient (Wildman–Crippen LogP) is 3.86. The molecule has 2 saturated heterocycles. The molecule has 1 aromatic carbocycles. The summed E-state index contributed by atoms with van der Waals surface area (Å²) in [5, 5.41) is 2.69. The van der Waals surface area contributed by atoms with Crippen LogP contribution in [0.15, 0.2) is 48.8 Å². The number of amides is 1. The van der Waals surface area contributed by atoms with Crippen molar-refractivity contribution in [2.75, 3.05) is 5.32 Å². The average Bonchev–Trinajstić information content (AvgIpc) is 3.26. The summed E-state index contributed by atoms with van der Waals surface area (Å²) in [5.74, 6) is 0.105. The molecule has 0 unspecified atom stereocenters. The number of fused-ring (bicyclic) bond motifs is 5. The monoisotopic (exact) mass is 374 g/mol. The maximum atomic E-state index is 13.0. The lowest BCUT2D eigenvalue weighted by Gasteiger charge is -2.27. The molecule has 2 bridgehead atoms. The van der Waals surface area contributed by atoms with E-state index in [1.54, 1.807) is 12.4 Å². The molecule has 2 aliphatic heterocycles. The summed E-state index contributed by atoms with van der Waals surface area (Å²) in [6.45, 7) is 0. The molecule has 3 fully saturated rings. The minimum Gasteiger partial charge on any atom is -0.373 e. The minimum absolute atomic E-state index is 0.000315. The van der Waals surface area contributed by atoms with Crippen LogP contribution in [-0.2, 0) is 15.7 Å². The summed E-state index contributed by atoms with van der Waals surface area (Å²) in [4.78, 5) is 17.1. The van der Waals surface area contributed by atoms with Gasteiger partial charge in [0.2, 0.25) is 5.91 Å². The second kappa shape index (κ2) is 5.79. The molecule has 7 heteroatoms. The number of benzene rings is 1. The first-order chi connectivity index (χ1) is 12.9.